The molecule has 1 aliphatic rings. The van der Waals surface area contributed by atoms with Gasteiger partial charge in [0.1, 0.15) is 5.75 Å². The number of benzene rings is 3. The van der Waals surface area contributed by atoms with Gasteiger partial charge in [0.15, 0.2) is 0 Å². The third-order valence-corrected chi connectivity index (χ3v) is 6.34. The van der Waals surface area contributed by atoms with E-state index in [9.17, 15) is 4.79 Å². The van der Waals surface area contributed by atoms with Crippen LogP contribution >= 0.6 is 0 Å². The molecule has 31 heavy (non-hydrogen) atoms. The zero-order valence-electron chi connectivity index (χ0n) is 18.0. The van der Waals surface area contributed by atoms with Crippen LogP contribution in [0.1, 0.15) is 36.9 Å². The lowest BCUT2D eigenvalue weighted by Crippen LogP contribution is -2.61. The number of nitrogens with one attached hydrogen (secondary N) is 1. The quantitative estimate of drug-likeness (QED) is 0.667. The molecular weight excluding hydrogens is 386 g/mol. The molecule has 1 heterocycles. The van der Waals surface area contributed by atoms with Crippen LogP contribution in [-0.2, 0) is 10.3 Å². The highest BCUT2D eigenvalue weighted by atomic mass is 16.5. The molecule has 1 saturated heterocycles. The molecule has 0 radical (unpaired) electrons. The Bertz CT molecular complexity index is 1130. The van der Waals surface area contributed by atoms with Crippen molar-refractivity contribution in [2.45, 2.75) is 31.3 Å². The fraction of sp³-hybridized carbons (Fsp3) is 0.308. The van der Waals surface area contributed by atoms with E-state index in [0.717, 1.165) is 27.6 Å². The predicted molar refractivity (Wildman–Crippen MR) is 122 cm³/mol. The molecular formula is C26H27N3O2. The number of rotatable bonds is 5. The number of hydrogen-bond donors (Lipinski definition) is 1. The molecule has 5 nitrogen and oxygen atoms in total. The second-order valence-corrected chi connectivity index (χ2v) is 8.01. The van der Waals surface area contributed by atoms with Crippen molar-refractivity contribution in [1.82, 2.24) is 10.2 Å². The van der Waals surface area contributed by atoms with Crippen LogP contribution in [0.3, 0.4) is 0 Å². The van der Waals surface area contributed by atoms with Crippen LogP contribution in [0.5, 0.6) is 5.75 Å². The molecule has 3 aromatic carbocycles. The van der Waals surface area contributed by atoms with E-state index in [0.29, 0.717) is 13.1 Å². The normalized spacial score (nSPS) is 20.9. The molecule has 0 aromatic heterocycles. The molecule has 1 amide bonds. The number of ether oxygens (including phenoxy) is 1. The Morgan fingerprint density at radius 1 is 1.16 bits per heavy atom. The molecule has 0 saturated carbocycles. The minimum atomic E-state index is -0.666. The first-order chi connectivity index (χ1) is 15.1. The van der Waals surface area contributed by atoms with Crippen molar-refractivity contribution in [3.05, 3.63) is 77.9 Å². The maximum absolute atomic E-state index is 13.3. The molecule has 4 rings (SSSR count). The summed E-state index contributed by atoms with van der Waals surface area (Å²) in [7, 11) is 1.67. The lowest BCUT2D eigenvalue weighted by Gasteiger charge is -2.51. The maximum Gasteiger partial charge on any atom is 0.224 e. The zero-order valence-corrected chi connectivity index (χ0v) is 18.0. The van der Waals surface area contributed by atoms with Crippen molar-refractivity contribution >= 4 is 16.7 Å². The zero-order chi connectivity index (χ0) is 21.8. The van der Waals surface area contributed by atoms with Gasteiger partial charge in [-0.1, -0.05) is 60.7 Å². The second-order valence-electron chi connectivity index (χ2n) is 8.01. The Labute approximate surface area is 183 Å². The van der Waals surface area contributed by atoms with Gasteiger partial charge in [0, 0.05) is 31.5 Å². The van der Waals surface area contributed by atoms with Crippen molar-refractivity contribution in [2.24, 2.45) is 0 Å². The van der Waals surface area contributed by atoms with Gasteiger partial charge in [0.05, 0.1) is 24.8 Å². The van der Waals surface area contributed by atoms with Gasteiger partial charge in [-0.2, -0.15) is 5.26 Å². The topological polar surface area (TPSA) is 65.4 Å². The fourth-order valence-corrected chi connectivity index (χ4v) is 4.87. The maximum atomic E-state index is 13.3. The SMILES string of the molecule is COc1ccccc1C1NCCN(C(=O)CCC#N)C1(C)c1cccc2ccccc12. The molecule has 0 aliphatic carbocycles. The monoisotopic (exact) mass is 413 g/mol. The Balaban J connectivity index is 1.94. The predicted octanol–water partition coefficient (Wildman–Crippen LogP) is 4.54. The number of piperazine rings is 1. The van der Waals surface area contributed by atoms with Gasteiger partial charge in [0.2, 0.25) is 5.91 Å². The Morgan fingerprint density at radius 3 is 2.71 bits per heavy atom. The summed E-state index contributed by atoms with van der Waals surface area (Å²) >= 11 is 0. The highest BCUT2D eigenvalue weighted by Gasteiger charge is 2.48. The molecule has 3 aromatic rings. The highest BCUT2D eigenvalue weighted by molar-refractivity contribution is 5.88. The summed E-state index contributed by atoms with van der Waals surface area (Å²) < 4.78 is 5.69. The number of nitrogens with zero attached hydrogens (tertiary/aromatic N) is 2. The summed E-state index contributed by atoms with van der Waals surface area (Å²) in [6.07, 6.45) is 0.434. The number of hydrogen-bond acceptors (Lipinski definition) is 4. The van der Waals surface area contributed by atoms with Gasteiger partial charge in [-0.15, -0.1) is 0 Å². The molecule has 158 valence electrons. The van der Waals surface area contributed by atoms with Gasteiger partial charge in [0.25, 0.3) is 0 Å². The number of methoxy groups -OCH3 is 1. The van der Waals surface area contributed by atoms with Gasteiger partial charge in [-0.25, -0.2) is 0 Å². The Hall–Kier alpha value is -3.36. The van der Waals surface area contributed by atoms with E-state index in [1.807, 2.05) is 35.2 Å². The van der Waals surface area contributed by atoms with E-state index in [4.69, 9.17) is 10.00 Å². The molecule has 0 spiro atoms. The fourth-order valence-electron chi connectivity index (χ4n) is 4.87. The standard InChI is InChI=1S/C26H27N3O2/c1-26(22-13-7-10-19-9-3-4-11-20(19)22)25(21-12-5-6-14-23(21)31-2)28-17-18-29(26)24(30)15-8-16-27/h3-7,9-14,25,28H,8,15,17-18H2,1-2H3. The van der Waals surface area contributed by atoms with Crippen molar-refractivity contribution < 1.29 is 9.53 Å². The van der Waals surface area contributed by atoms with E-state index in [1.165, 1.54) is 0 Å². The lowest BCUT2D eigenvalue weighted by molar-refractivity contribution is -0.141. The summed E-state index contributed by atoms with van der Waals surface area (Å²) in [6, 6.07) is 24.4. The van der Waals surface area contributed by atoms with Crippen LogP contribution in [-0.4, -0.2) is 31.0 Å². The first-order valence-electron chi connectivity index (χ1n) is 10.6. The van der Waals surface area contributed by atoms with E-state index in [2.05, 4.69) is 54.7 Å². The smallest absolute Gasteiger partial charge is 0.224 e. The lowest BCUT2D eigenvalue weighted by atomic mass is 9.75. The second kappa shape index (κ2) is 8.79. The molecule has 2 atom stereocenters. The number of amides is 1. The van der Waals surface area contributed by atoms with Crippen LogP contribution in [0.15, 0.2) is 66.7 Å². The summed E-state index contributed by atoms with van der Waals surface area (Å²) in [4.78, 5) is 15.3. The number of carbonyl (C=O) groups excluding carboxylic acids is 1. The minimum Gasteiger partial charge on any atom is -0.496 e. The van der Waals surface area contributed by atoms with E-state index >= 15 is 0 Å². The first-order valence-corrected chi connectivity index (χ1v) is 10.6. The third-order valence-electron chi connectivity index (χ3n) is 6.34. The minimum absolute atomic E-state index is 0.00150. The third kappa shape index (κ3) is 3.64. The summed E-state index contributed by atoms with van der Waals surface area (Å²) in [5.41, 5.74) is 1.43. The molecule has 5 heteroatoms. The van der Waals surface area contributed by atoms with Crippen molar-refractivity contribution in [3.63, 3.8) is 0 Å². The molecule has 2 unspecified atom stereocenters. The first kappa shape index (κ1) is 20.9. The van der Waals surface area contributed by atoms with Crippen LogP contribution in [0.25, 0.3) is 10.8 Å². The van der Waals surface area contributed by atoms with Crippen molar-refractivity contribution in [2.75, 3.05) is 20.2 Å². The largest absolute Gasteiger partial charge is 0.496 e. The summed E-state index contributed by atoms with van der Waals surface area (Å²) in [5, 5.41) is 15.0. The summed E-state index contributed by atoms with van der Waals surface area (Å²) in [6.45, 7) is 3.37. The van der Waals surface area contributed by atoms with Gasteiger partial charge in [-0.05, 0) is 29.3 Å². The molecule has 1 fully saturated rings. The van der Waals surface area contributed by atoms with E-state index in [-0.39, 0.29) is 24.8 Å². The van der Waals surface area contributed by atoms with Crippen molar-refractivity contribution in [3.8, 4) is 11.8 Å². The van der Waals surface area contributed by atoms with E-state index in [1.54, 1.807) is 7.11 Å². The Morgan fingerprint density at radius 2 is 1.90 bits per heavy atom. The van der Waals surface area contributed by atoms with Gasteiger partial charge >= 0.3 is 0 Å². The van der Waals surface area contributed by atoms with Crippen LogP contribution in [0.4, 0.5) is 0 Å². The number of fused-ring (bicyclic) bond motifs is 1. The number of carbonyl (C=O) groups is 1. The highest BCUT2D eigenvalue weighted by Crippen LogP contribution is 2.47. The molecule has 0 bridgehead atoms. The summed E-state index contributed by atoms with van der Waals surface area (Å²) in [5.74, 6) is 0.788. The van der Waals surface area contributed by atoms with Crippen LogP contribution in [0.2, 0.25) is 0 Å². The Kier molecular flexibility index (Phi) is 5.92. The van der Waals surface area contributed by atoms with Crippen LogP contribution in [0, 0.1) is 11.3 Å². The number of nitriles is 1. The van der Waals surface area contributed by atoms with Gasteiger partial charge < -0.3 is 15.0 Å². The van der Waals surface area contributed by atoms with Gasteiger partial charge in [-0.3, -0.25) is 4.79 Å². The number of para-hydroxylation sites is 1. The average molecular weight is 414 g/mol. The van der Waals surface area contributed by atoms with E-state index < -0.39 is 5.54 Å². The average Bonchev–Trinajstić information content (AvgIpc) is 2.82. The van der Waals surface area contributed by atoms with Crippen LogP contribution < -0.4 is 10.1 Å². The molecule has 1 N–H and O–H groups in total. The molecule has 1 aliphatic heterocycles. The van der Waals surface area contributed by atoms with Crippen molar-refractivity contribution in [1.29, 1.82) is 5.26 Å².